The second-order valence-electron chi connectivity index (χ2n) is 7.27. The minimum Gasteiger partial charge on any atom is -0.420 e. The zero-order chi connectivity index (χ0) is 20.3. The first-order valence-corrected chi connectivity index (χ1v) is 11.3. The number of nitrogens with zero attached hydrogens (tertiary/aromatic N) is 2. The molecule has 0 aliphatic carbocycles. The molecule has 1 fully saturated rings. The van der Waals surface area contributed by atoms with Gasteiger partial charge in [-0.05, 0) is 50.0 Å². The molecule has 150 valence electrons. The highest BCUT2D eigenvalue weighted by molar-refractivity contribution is 7.91. The topological polar surface area (TPSA) is 63.4 Å². The zero-order valence-corrected chi connectivity index (χ0v) is 17.2. The minimum absolute atomic E-state index is 0.00374. The number of anilines is 1. The molecule has 0 bridgehead atoms. The number of benzene rings is 2. The van der Waals surface area contributed by atoms with Crippen molar-refractivity contribution in [3.63, 3.8) is 0 Å². The lowest BCUT2D eigenvalue weighted by molar-refractivity contribution is 0.487. The van der Waals surface area contributed by atoms with E-state index in [0.717, 1.165) is 43.5 Å². The number of aromatic nitrogens is 1. The van der Waals surface area contributed by atoms with Crippen LogP contribution in [0.4, 0.5) is 5.88 Å². The summed E-state index contributed by atoms with van der Waals surface area (Å²) in [7, 11) is -3.78. The van der Waals surface area contributed by atoms with Crippen molar-refractivity contribution in [2.75, 3.05) is 18.0 Å². The van der Waals surface area contributed by atoms with E-state index in [1.54, 1.807) is 30.3 Å². The maximum absolute atomic E-state index is 13.3. The first-order chi connectivity index (χ1) is 14.0. The maximum Gasteiger partial charge on any atom is 0.236 e. The van der Waals surface area contributed by atoms with Crippen molar-refractivity contribution >= 4 is 27.9 Å². The van der Waals surface area contributed by atoms with Crippen LogP contribution in [-0.4, -0.2) is 26.5 Å². The van der Waals surface area contributed by atoms with Crippen molar-refractivity contribution < 1.29 is 12.8 Å². The monoisotopic (exact) mass is 408 g/mol. The van der Waals surface area contributed by atoms with E-state index < -0.39 is 9.84 Å². The molecule has 29 heavy (non-hydrogen) atoms. The fraction of sp³-hybridized carbons (Fsp3) is 0.261. The molecule has 0 N–H and O–H groups in total. The van der Waals surface area contributed by atoms with Gasteiger partial charge in [-0.25, -0.2) is 8.42 Å². The van der Waals surface area contributed by atoms with Crippen LogP contribution in [0, 0.1) is 6.92 Å². The molecular weight excluding hydrogens is 384 g/mol. The van der Waals surface area contributed by atoms with Gasteiger partial charge < -0.3 is 9.32 Å². The highest BCUT2D eigenvalue weighted by Crippen LogP contribution is 2.33. The van der Waals surface area contributed by atoms with Crippen molar-refractivity contribution in [1.82, 2.24) is 4.98 Å². The molecule has 0 spiro atoms. The summed E-state index contributed by atoms with van der Waals surface area (Å²) in [5.74, 6) is 0.637. The van der Waals surface area contributed by atoms with Crippen LogP contribution in [0.3, 0.4) is 0 Å². The fourth-order valence-corrected chi connectivity index (χ4v) is 4.75. The summed E-state index contributed by atoms with van der Waals surface area (Å²) < 4.78 is 32.6. The Morgan fingerprint density at radius 3 is 2.31 bits per heavy atom. The molecule has 0 atom stereocenters. The Kier molecular flexibility index (Phi) is 5.53. The Hall–Kier alpha value is -2.86. The average molecular weight is 409 g/mol. The summed E-state index contributed by atoms with van der Waals surface area (Å²) >= 11 is 0. The van der Waals surface area contributed by atoms with Crippen LogP contribution >= 0.6 is 0 Å². The van der Waals surface area contributed by atoms with E-state index in [9.17, 15) is 8.42 Å². The lowest BCUT2D eigenvalue weighted by atomic mass is 10.1. The molecule has 2 aromatic carbocycles. The van der Waals surface area contributed by atoms with Gasteiger partial charge in [0.2, 0.25) is 26.6 Å². The highest BCUT2D eigenvalue weighted by Gasteiger charge is 2.31. The molecule has 1 aliphatic heterocycles. The van der Waals surface area contributed by atoms with Crippen LogP contribution in [0.1, 0.15) is 36.3 Å². The van der Waals surface area contributed by atoms with Gasteiger partial charge in [-0.15, -0.1) is 0 Å². The lowest BCUT2D eigenvalue weighted by Crippen LogP contribution is -2.30. The number of hydrogen-bond acceptors (Lipinski definition) is 5. The van der Waals surface area contributed by atoms with Crippen molar-refractivity contribution in [3.8, 4) is 0 Å². The zero-order valence-electron chi connectivity index (χ0n) is 16.4. The second-order valence-corrected chi connectivity index (χ2v) is 9.14. The molecule has 1 saturated heterocycles. The molecule has 6 heteroatoms. The van der Waals surface area contributed by atoms with Crippen LogP contribution in [0.2, 0.25) is 0 Å². The van der Waals surface area contributed by atoms with Gasteiger partial charge in [-0.2, -0.15) is 4.98 Å². The highest BCUT2D eigenvalue weighted by atomic mass is 32.2. The second kappa shape index (κ2) is 8.25. The predicted molar refractivity (Wildman–Crippen MR) is 115 cm³/mol. The number of sulfone groups is 1. The van der Waals surface area contributed by atoms with E-state index in [1.165, 1.54) is 0 Å². The summed E-state index contributed by atoms with van der Waals surface area (Å²) in [6.45, 7) is 3.47. The quantitative estimate of drug-likeness (QED) is 0.596. The molecule has 1 aliphatic rings. The molecule has 1 aromatic heterocycles. The van der Waals surface area contributed by atoms with Gasteiger partial charge in [0, 0.05) is 19.2 Å². The van der Waals surface area contributed by atoms with E-state index in [1.807, 2.05) is 48.2 Å². The van der Waals surface area contributed by atoms with Crippen LogP contribution in [0.25, 0.3) is 12.2 Å². The van der Waals surface area contributed by atoms with Crippen molar-refractivity contribution in [3.05, 3.63) is 71.6 Å². The smallest absolute Gasteiger partial charge is 0.236 e. The normalized spacial score (nSPS) is 15.1. The van der Waals surface area contributed by atoms with Crippen LogP contribution in [-0.2, 0) is 9.84 Å². The molecule has 0 amide bonds. The van der Waals surface area contributed by atoms with Crippen molar-refractivity contribution in [2.24, 2.45) is 0 Å². The van der Waals surface area contributed by atoms with Gasteiger partial charge in [0.15, 0.2) is 0 Å². The summed E-state index contributed by atoms with van der Waals surface area (Å²) in [6.07, 6.45) is 6.76. The number of rotatable bonds is 5. The molecule has 0 saturated carbocycles. The Labute approximate surface area is 171 Å². The first-order valence-electron chi connectivity index (χ1n) is 9.85. The third-order valence-electron chi connectivity index (χ3n) is 5.04. The van der Waals surface area contributed by atoms with Gasteiger partial charge >= 0.3 is 0 Å². The number of aryl methyl sites for hydroxylation is 1. The molecule has 4 rings (SSSR count). The van der Waals surface area contributed by atoms with E-state index in [4.69, 9.17) is 4.42 Å². The standard InChI is InChI=1S/C23H24N2O3S/c1-18-10-13-20(14-11-18)29(26,27)22-23(25-16-6-3-7-17-25)28-21(24-22)15-12-19-8-4-2-5-9-19/h2,4-5,8-15H,3,6-7,16-17H2,1H3. The number of piperidine rings is 1. The predicted octanol–water partition coefficient (Wildman–Crippen LogP) is 4.98. The van der Waals surface area contributed by atoms with Gasteiger partial charge in [-0.3, -0.25) is 0 Å². The van der Waals surface area contributed by atoms with Gasteiger partial charge in [-0.1, -0.05) is 48.0 Å². The Balaban J connectivity index is 1.75. The average Bonchev–Trinajstić information content (AvgIpc) is 3.19. The molecule has 2 heterocycles. The van der Waals surface area contributed by atoms with Crippen LogP contribution in [0.15, 0.2) is 68.9 Å². The SMILES string of the molecule is Cc1ccc(S(=O)(=O)c2nc(C=Cc3ccccc3)oc2N2CCCCC2)cc1. The molecule has 0 radical (unpaired) electrons. The van der Waals surface area contributed by atoms with E-state index >= 15 is 0 Å². The van der Waals surface area contributed by atoms with Gasteiger partial charge in [0.05, 0.1) is 4.90 Å². The molecular formula is C23H24N2O3S. The molecule has 0 unspecified atom stereocenters. The fourth-order valence-electron chi connectivity index (χ4n) is 3.42. The van der Waals surface area contributed by atoms with Gasteiger partial charge in [0.25, 0.3) is 0 Å². The largest absolute Gasteiger partial charge is 0.420 e. The summed E-state index contributed by atoms with van der Waals surface area (Å²) in [6, 6.07) is 16.6. The van der Waals surface area contributed by atoms with Crippen molar-refractivity contribution in [1.29, 1.82) is 0 Å². The van der Waals surface area contributed by atoms with Crippen LogP contribution < -0.4 is 4.90 Å². The number of hydrogen-bond donors (Lipinski definition) is 0. The number of oxazole rings is 1. The van der Waals surface area contributed by atoms with E-state index in [-0.39, 0.29) is 9.92 Å². The third-order valence-corrected chi connectivity index (χ3v) is 6.71. The first kappa shape index (κ1) is 19.5. The van der Waals surface area contributed by atoms with Gasteiger partial charge in [0.1, 0.15) is 0 Å². The summed E-state index contributed by atoms with van der Waals surface area (Å²) in [5, 5.41) is -0.00374. The summed E-state index contributed by atoms with van der Waals surface area (Å²) in [5.41, 5.74) is 2.00. The van der Waals surface area contributed by atoms with Crippen LogP contribution in [0.5, 0.6) is 0 Å². The third kappa shape index (κ3) is 4.27. The lowest BCUT2D eigenvalue weighted by Gasteiger charge is -2.26. The Morgan fingerprint density at radius 1 is 0.931 bits per heavy atom. The maximum atomic E-state index is 13.3. The Bertz CT molecular complexity index is 1090. The Morgan fingerprint density at radius 2 is 1.62 bits per heavy atom. The van der Waals surface area contributed by atoms with E-state index in [2.05, 4.69) is 4.98 Å². The molecule has 3 aromatic rings. The minimum atomic E-state index is -3.78. The van der Waals surface area contributed by atoms with Crippen molar-refractivity contribution in [2.45, 2.75) is 36.1 Å². The van der Waals surface area contributed by atoms with E-state index in [0.29, 0.717) is 11.8 Å². The molecule has 5 nitrogen and oxygen atoms in total. The summed E-state index contributed by atoms with van der Waals surface area (Å²) in [4.78, 5) is 6.62.